The van der Waals surface area contributed by atoms with Gasteiger partial charge in [0.25, 0.3) is 5.95 Å². The lowest BCUT2D eigenvalue weighted by Gasteiger charge is -2.13. The van der Waals surface area contributed by atoms with Crippen LogP contribution in [0, 0.1) is 24.5 Å². The van der Waals surface area contributed by atoms with Crippen LogP contribution in [-0.2, 0) is 0 Å². The van der Waals surface area contributed by atoms with Gasteiger partial charge in [0.1, 0.15) is 5.75 Å². The molecule has 0 aliphatic heterocycles. The van der Waals surface area contributed by atoms with E-state index in [1.165, 1.54) is 13.2 Å². The molecular weight excluding hydrogens is 293 g/mol. The molecule has 7 heteroatoms. The van der Waals surface area contributed by atoms with Crippen LogP contribution in [-0.4, -0.2) is 12.1 Å². The summed E-state index contributed by atoms with van der Waals surface area (Å²) in [5.74, 6) is -3.88. The van der Waals surface area contributed by atoms with Crippen molar-refractivity contribution in [3.05, 3.63) is 46.4 Å². The fraction of sp³-hybridized carbons (Fsp3) is 0.154. The van der Waals surface area contributed by atoms with E-state index in [0.717, 1.165) is 0 Å². The molecular formula is C13H10ClF3N2O. The van der Waals surface area contributed by atoms with Gasteiger partial charge in [0.05, 0.1) is 12.8 Å². The minimum Gasteiger partial charge on any atom is -0.495 e. The summed E-state index contributed by atoms with van der Waals surface area (Å²) in [6, 6.07) is 3.53. The van der Waals surface area contributed by atoms with Gasteiger partial charge in [-0.3, -0.25) is 0 Å². The molecule has 0 aliphatic carbocycles. The molecule has 0 radical (unpaired) electrons. The number of nitrogens with one attached hydrogen (secondary N) is 1. The number of nitrogens with zero attached hydrogens (tertiary/aromatic N) is 1. The van der Waals surface area contributed by atoms with Crippen LogP contribution in [0.3, 0.4) is 0 Å². The van der Waals surface area contributed by atoms with Gasteiger partial charge in [0, 0.05) is 17.2 Å². The van der Waals surface area contributed by atoms with Crippen LogP contribution < -0.4 is 10.1 Å². The van der Waals surface area contributed by atoms with Crippen molar-refractivity contribution in [3.8, 4) is 5.75 Å². The number of pyridine rings is 1. The monoisotopic (exact) mass is 302 g/mol. The predicted molar refractivity (Wildman–Crippen MR) is 70.1 cm³/mol. The minimum absolute atomic E-state index is 0.325. The van der Waals surface area contributed by atoms with Crippen LogP contribution in [0.4, 0.5) is 24.7 Å². The van der Waals surface area contributed by atoms with Crippen molar-refractivity contribution in [3.63, 3.8) is 0 Å². The number of halogens is 4. The first-order valence-corrected chi connectivity index (χ1v) is 5.93. The van der Waals surface area contributed by atoms with E-state index < -0.39 is 23.4 Å². The first-order valence-electron chi connectivity index (χ1n) is 5.55. The van der Waals surface area contributed by atoms with Crippen LogP contribution in [0.15, 0.2) is 18.2 Å². The average molecular weight is 303 g/mol. The average Bonchev–Trinajstić information content (AvgIpc) is 2.39. The number of benzene rings is 1. The van der Waals surface area contributed by atoms with Gasteiger partial charge in [0.15, 0.2) is 17.5 Å². The number of anilines is 2. The number of ether oxygens (including phenoxy) is 1. The Bertz CT molecular complexity index is 665. The topological polar surface area (TPSA) is 34.1 Å². The van der Waals surface area contributed by atoms with Crippen molar-refractivity contribution in [2.24, 2.45) is 0 Å². The summed E-state index contributed by atoms with van der Waals surface area (Å²) in [5, 5.41) is 3.02. The van der Waals surface area contributed by atoms with Gasteiger partial charge < -0.3 is 10.1 Å². The Morgan fingerprint density at radius 2 is 1.85 bits per heavy atom. The number of methoxy groups -OCH3 is 1. The summed E-state index contributed by atoms with van der Waals surface area (Å²) in [5.41, 5.74) is 1.05. The number of rotatable bonds is 3. The second-order valence-corrected chi connectivity index (χ2v) is 4.43. The quantitative estimate of drug-likeness (QED) is 0.862. The lowest BCUT2D eigenvalue weighted by molar-refractivity contribution is 0.416. The zero-order valence-electron chi connectivity index (χ0n) is 10.6. The highest BCUT2D eigenvalue weighted by molar-refractivity contribution is 6.31. The smallest absolute Gasteiger partial charge is 0.251 e. The van der Waals surface area contributed by atoms with Gasteiger partial charge in [-0.15, -0.1) is 0 Å². The minimum atomic E-state index is -1.39. The molecule has 0 saturated carbocycles. The Labute approximate surface area is 118 Å². The fourth-order valence-electron chi connectivity index (χ4n) is 1.59. The number of aryl methyl sites for hydroxylation is 1. The summed E-state index contributed by atoms with van der Waals surface area (Å²) in [6.45, 7) is 1.74. The molecule has 0 bridgehead atoms. The van der Waals surface area contributed by atoms with Crippen molar-refractivity contribution in [2.45, 2.75) is 6.92 Å². The largest absolute Gasteiger partial charge is 0.495 e. The molecule has 2 aromatic rings. The SMILES string of the molecule is COc1cc(Cl)c(C)cc1Nc1nc(F)c(F)cc1F. The summed E-state index contributed by atoms with van der Waals surface area (Å²) in [6.07, 6.45) is 0. The van der Waals surface area contributed by atoms with E-state index in [1.807, 2.05) is 0 Å². The van der Waals surface area contributed by atoms with Gasteiger partial charge >= 0.3 is 0 Å². The third kappa shape index (κ3) is 2.80. The molecule has 0 amide bonds. The van der Waals surface area contributed by atoms with Crippen molar-refractivity contribution >= 4 is 23.1 Å². The van der Waals surface area contributed by atoms with E-state index in [-0.39, 0.29) is 0 Å². The molecule has 0 atom stereocenters. The Hall–Kier alpha value is -1.95. The second-order valence-electron chi connectivity index (χ2n) is 4.02. The third-order valence-corrected chi connectivity index (χ3v) is 3.03. The number of hydrogen-bond acceptors (Lipinski definition) is 3. The number of hydrogen-bond donors (Lipinski definition) is 1. The zero-order valence-corrected chi connectivity index (χ0v) is 11.4. The number of aromatic nitrogens is 1. The summed E-state index contributed by atoms with van der Waals surface area (Å²) >= 11 is 5.94. The molecule has 1 aromatic carbocycles. The molecule has 0 unspecified atom stereocenters. The molecule has 0 aliphatic rings. The van der Waals surface area contributed by atoms with Crippen LogP contribution in [0.1, 0.15) is 5.56 Å². The van der Waals surface area contributed by atoms with Gasteiger partial charge in [-0.05, 0) is 18.6 Å². The van der Waals surface area contributed by atoms with E-state index in [0.29, 0.717) is 28.1 Å². The molecule has 1 aromatic heterocycles. The van der Waals surface area contributed by atoms with E-state index in [9.17, 15) is 13.2 Å². The molecule has 0 saturated heterocycles. The zero-order chi connectivity index (χ0) is 14.9. The van der Waals surface area contributed by atoms with E-state index in [2.05, 4.69) is 10.3 Å². The first-order chi connectivity index (χ1) is 9.42. The molecule has 1 heterocycles. The van der Waals surface area contributed by atoms with Gasteiger partial charge in [-0.1, -0.05) is 11.6 Å². The molecule has 0 spiro atoms. The maximum Gasteiger partial charge on any atom is 0.251 e. The first kappa shape index (κ1) is 14.5. The van der Waals surface area contributed by atoms with Crippen LogP contribution in [0.5, 0.6) is 5.75 Å². The molecule has 2 rings (SSSR count). The maximum atomic E-state index is 13.5. The maximum absolute atomic E-state index is 13.5. The van der Waals surface area contributed by atoms with Gasteiger partial charge in [-0.2, -0.15) is 9.37 Å². The van der Waals surface area contributed by atoms with Crippen LogP contribution in [0.25, 0.3) is 0 Å². The standard InChI is InChI=1S/C13H10ClF3N2O/c1-6-3-10(11(20-2)4-7(6)14)18-13-9(16)5-8(15)12(17)19-13/h3-5H,1-2H3,(H,18,19). The Kier molecular flexibility index (Phi) is 4.04. The van der Waals surface area contributed by atoms with E-state index in [1.54, 1.807) is 13.0 Å². The molecule has 20 heavy (non-hydrogen) atoms. The van der Waals surface area contributed by atoms with Crippen molar-refractivity contribution in [2.75, 3.05) is 12.4 Å². The van der Waals surface area contributed by atoms with Crippen LogP contribution in [0.2, 0.25) is 5.02 Å². The van der Waals surface area contributed by atoms with Gasteiger partial charge in [-0.25, -0.2) is 8.78 Å². The fourth-order valence-corrected chi connectivity index (χ4v) is 1.74. The Balaban J connectivity index is 2.44. The highest BCUT2D eigenvalue weighted by Crippen LogP contribution is 2.33. The lowest BCUT2D eigenvalue weighted by atomic mass is 10.2. The molecule has 3 nitrogen and oxygen atoms in total. The van der Waals surface area contributed by atoms with Crippen molar-refractivity contribution in [1.29, 1.82) is 0 Å². The second kappa shape index (κ2) is 5.58. The van der Waals surface area contributed by atoms with Gasteiger partial charge in [0.2, 0.25) is 0 Å². The Morgan fingerprint density at radius 1 is 1.15 bits per heavy atom. The molecule has 1 N–H and O–H groups in total. The van der Waals surface area contributed by atoms with Crippen molar-refractivity contribution < 1.29 is 17.9 Å². The van der Waals surface area contributed by atoms with E-state index in [4.69, 9.17) is 16.3 Å². The van der Waals surface area contributed by atoms with Crippen molar-refractivity contribution in [1.82, 2.24) is 4.98 Å². The van der Waals surface area contributed by atoms with Crippen LogP contribution >= 0.6 is 11.6 Å². The molecule has 106 valence electrons. The lowest BCUT2D eigenvalue weighted by Crippen LogP contribution is -2.03. The molecule has 0 fully saturated rings. The third-order valence-electron chi connectivity index (χ3n) is 2.62. The summed E-state index contributed by atoms with van der Waals surface area (Å²) in [7, 11) is 1.40. The predicted octanol–water partition coefficient (Wildman–Crippen LogP) is 4.21. The highest BCUT2D eigenvalue weighted by atomic mass is 35.5. The normalized spacial score (nSPS) is 10.5. The summed E-state index contributed by atoms with van der Waals surface area (Å²) in [4.78, 5) is 3.18. The Morgan fingerprint density at radius 3 is 2.50 bits per heavy atom. The van der Waals surface area contributed by atoms with E-state index >= 15 is 0 Å². The highest BCUT2D eigenvalue weighted by Gasteiger charge is 2.14. The summed E-state index contributed by atoms with van der Waals surface area (Å²) < 4.78 is 44.5.